The molecule has 2 aliphatic carbocycles. The maximum atomic E-state index is 5.53. The molecule has 4 aromatic carbocycles. The molecule has 67 heavy (non-hydrogen) atoms. The monoisotopic (exact) mass is 941 g/mol. The van der Waals surface area contributed by atoms with Gasteiger partial charge < -0.3 is 0 Å². The molecule has 2 saturated carbocycles. The van der Waals surface area contributed by atoms with Crippen LogP contribution in [0.15, 0.2) is 128 Å². The molecule has 8 bridgehead atoms. The number of thiophene rings is 2. The van der Waals surface area contributed by atoms with Crippen molar-refractivity contribution in [2.45, 2.75) is 20.8 Å². The molecule has 2 aliphatic heterocycles. The molecule has 10 radical (unpaired) electrons. The molecule has 0 unspecified atom stereocenters. The molecular weight excluding hydrogens is 899 g/mol. The van der Waals surface area contributed by atoms with E-state index in [-0.39, 0.29) is 17.1 Å². The molecular formula is C59H43FeN5S2+2. The second-order valence-corrected chi connectivity index (χ2v) is 18.8. The van der Waals surface area contributed by atoms with Crippen molar-refractivity contribution in [3.05, 3.63) is 236 Å². The second kappa shape index (κ2) is 19.7. The molecule has 0 N–H and O–H groups in total. The topological polar surface area (TPSA) is 56.5 Å². The molecule has 0 spiro atoms. The van der Waals surface area contributed by atoms with Gasteiger partial charge in [0, 0.05) is 47.0 Å². The van der Waals surface area contributed by atoms with E-state index in [1.54, 1.807) is 22.7 Å². The standard InChI is InChI=1S/C54H38N5S2.C5H5.Fe/c1-33-8-14-37(15-9-33)51-42-24-25-43(55-42)52(38-16-10-34(2)11-17-38)49-30-31-50(61-49)54(40-20-22-41(23-21-40)59-32-46(57-58-59)36-6-4-5-7-36)45-27-26-44(56-45)53(48-29-28-47(51)60-48)39-18-12-35(3)13-19-39;1-2-4-5-3-1;/h4-32H,1-3H3;1-5H;/q;;+2. The fourth-order valence-electron chi connectivity index (χ4n) is 8.49. The van der Waals surface area contributed by atoms with Crippen LogP contribution in [0.25, 0.3) is 93.3 Å². The Morgan fingerprint density at radius 2 is 0.716 bits per heavy atom. The van der Waals surface area contributed by atoms with Gasteiger partial charge in [-0.1, -0.05) is 107 Å². The summed E-state index contributed by atoms with van der Waals surface area (Å²) in [5.74, 6) is 1.05. The van der Waals surface area contributed by atoms with Gasteiger partial charge in [-0.25, -0.2) is 14.6 Å². The molecule has 0 amide bonds. The van der Waals surface area contributed by atoms with Crippen LogP contribution in [-0.4, -0.2) is 25.0 Å². The zero-order valence-electron chi connectivity index (χ0n) is 37.0. The number of nitrogens with zero attached hydrogens (tertiary/aromatic N) is 5. The Labute approximate surface area is 412 Å². The maximum absolute atomic E-state index is 5.53. The van der Waals surface area contributed by atoms with Crippen molar-refractivity contribution < 1.29 is 17.1 Å². The number of benzene rings is 4. The maximum Gasteiger partial charge on any atom is 2.00 e. The van der Waals surface area contributed by atoms with Crippen LogP contribution in [0.5, 0.6) is 0 Å². The van der Waals surface area contributed by atoms with E-state index in [4.69, 9.17) is 9.97 Å². The van der Waals surface area contributed by atoms with Gasteiger partial charge in [-0.05, 0) is 162 Å². The molecule has 5 nitrogen and oxygen atoms in total. The third-order valence-corrected chi connectivity index (χ3v) is 14.2. The van der Waals surface area contributed by atoms with Crippen LogP contribution in [0.2, 0.25) is 0 Å². The summed E-state index contributed by atoms with van der Waals surface area (Å²) in [6, 6.07) is 44.0. The van der Waals surface area contributed by atoms with Gasteiger partial charge in [-0.2, -0.15) is 0 Å². The third-order valence-electron chi connectivity index (χ3n) is 12.0. The molecule has 0 saturated heterocycles. The Bertz CT molecular complexity index is 3240. The summed E-state index contributed by atoms with van der Waals surface area (Å²) in [6.45, 7) is 6.40. The first kappa shape index (κ1) is 44.8. The van der Waals surface area contributed by atoms with Gasteiger partial charge in [0.25, 0.3) is 0 Å². The van der Waals surface area contributed by atoms with Crippen LogP contribution >= 0.6 is 22.7 Å². The van der Waals surface area contributed by atoms with Crippen molar-refractivity contribution in [3.63, 3.8) is 0 Å². The number of hydrogen-bond donors (Lipinski definition) is 0. The first-order chi connectivity index (χ1) is 32.4. The molecule has 322 valence electrons. The molecule has 4 aromatic heterocycles. The minimum Gasteiger partial charge on any atom is -0.248 e. The van der Waals surface area contributed by atoms with Gasteiger partial charge in [0.1, 0.15) is 0 Å². The van der Waals surface area contributed by atoms with Gasteiger partial charge in [0.05, 0.1) is 40.4 Å². The van der Waals surface area contributed by atoms with Crippen LogP contribution in [0.3, 0.4) is 0 Å². The summed E-state index contributed by atoms with van der Waals surface area (Å²) in [5.41, 5.74) is 18.1. The number of aromatic nitrogens is 5. The van der Waals surface area contributed by atoms with Crippen molar-refractivity contribution in [1.29, 1.82) is 0 Å². The first-order valence-corrected chi connectivity index (χ1v) is 23.7. The van der Waals surface area contributed by atoms with E-state index in [0.717, 1.165) is 103 Å². The van der Waals surface area contributed by atoms with Crippen LogP contribution < -0.4 is 0 Å². The van der Waals surface area contributed by atoms with E-state index in [0.29, 0.717) is 0 Å². The van der Waals surface area contributed by atoms with Crippen LogP contribution in [0.1, 0.15) is 45.2 Å². The number of fused-ring (bicyclic) bond motifs is 8. The molecule has 2 fully saturated rings. The largest absolute Gasteiger partial charge is 2.00 e. The van der Waals surface area contributed by atoms with Gasteiger partial charge in [0.2, 0.25) is 0 Å². The smallest absolute Gasteiger partial charge is 0.248 e. The van der Waals surface area contributed by atoms with Crippen molar-refractivity contribution in [2.24, 2.45) is 0 Å². The molecule has 0 atom stereocenters. The van der Waals surface area contributed by atoms with Crippen LogP contribution in [-0.2, 0) is 17.1 Å². The molecule has 8 heteroatoms. The van der Waals surface area contributed by atoms with E-state index >= 15 is 0 Å². The first-order valence-electron chi connectivity index (χ1n) is 22.0. The summed E-state index contributed by atoms with van der Waals surface area (Å²) < 4.78 is 6.40. The average Bonchev–Trinajstić information content (AvgIpc) is 4.19. The predicted molar refractivity (Wildman–Crippen MR) is 278 cm³/mol. The fraction of sp³-hybridized carbons (Fsp3) is 0.0508. The van der Waals surface area contributed by atoms with E-state index in [2.05, 4.69) is 190 Å². The Kier molecular flexibility index (Phi) is 13.2. The Hall–Kier alpha value is -6.02. The van der Waals surface area contributed by atoms with Crippen LogP contribution in [0.4, 0.5) is 0 Å². The summed E-state index contributed by atoms with van der Waals surface area (Å²) in [7, 11) is 0. The minimum absolute atomic E-state index is 0. The summed E-state index contributed by atoms with van der Waals surface area (Å²) in [5, 5.41) is 8.92. The molecule has 4 aliphatic rings. The van der Waals surface area contributed by atoms with Crippen molar-refractivity contribution >= 4 is 65.8 Å². The molecule has 6 heterocycles. The molecule has 8 aromatic rings. The van der Waals surface area contributed by atoms with Gasteiger partial charge >= 0.3 is 17.1 Å². The third kappa shape index (κ3) is 9.33. The Morgan fingerprint density at radius 3 is 1.06 bits per heavy atom. The fourth-order valence-corrected chi connectivity index (χ4v) is 10.8. The second-order valence-electron chi connectivity index (χ2n) is 16.6. The van der Waals surface area contributed by atoms with E-state index < -0.39 is 0 Å². The van der Waals surface area contributed by atoms with Gasteiger partial charge in [-0.15, -0.1) is 27.8 Å². The number of aryl methyl sites for hydroxylation is 3. The quantitative estimate of drug-likeness (QED) is 0.156. The van der Waals surface area contributed by atoms with Crippen LogP contribution in [0, 0.1) is 84.5 Å². The number of hydrogen-bond acceptors (Lipinski definition) is 6. The number of rotatable bonds is 6. The van der Waals surface area contributed by atoms with E-state index in [1.807, 2.05) is 55.8 Å². The summed E-state index contributed by atoms with van der Waals surface area (Å²) in [6.07, 6.45) is 28.9. The Morgan fingerprint density at radius 1 is 0.388 bits per heavy atom. The predicted octanol–water partition coefficient (Wildman–Crippen LogP) is 15.1. The normalized spacial score (nSPS) is 14.3. The van der Waals surface area contributed by atoms with Gasteiger partial charge in [-0.3, -0.25) is 0 Å². The van der Waals surface area contributed by atoms with Crippen molar-refractivity contribution in [2.75, 3.05) is 0 Å². The van der Waals surface area contributed by atoms with E-state index in [1.165, 1.54) is 16.7 Å². The van der Waals surface area contributed by atoms with Crippen molar-refractivity contribution in [1.82, 2.24) is 25.0 Å². The summed E-state index contributed by atoms with van der Waals surface area (Å²) in [4.78, 5) is 11.0. The minimum atomic E-state index is 0. The zero-order valence-corrected chi connectivity index (χ0v) is 39.8. The SMILES string of the molecule is Cc1ccc(-c2c3nc(c(-c4ccc(C)cc4)c4ccc(s4)c(-c4ccc(-n5cc([C]6[CH][CH][CH][CH]6)nn5)cc4)c4nc(c(-c5ccc(C)cc5)c5ccc2s5)C=C4)C=C3)cc1.[CH]1[CH][CH][CH][CH]1.[Fe+2]. The zero-order chi connectivity index (χ0) is 44.6. The average molecular weight is 942 g/mol. The van der Waals surface area contributed by atoms with Gasteiger partial charge in [0.15, 0.2) is 0 Å². The summed E-state index contributed by atoms with van der Waals surface area (Å²) >= 11 is 3.57. The molecule has 12 rings (SSSR count). The Balaban J connectivity index is 0.000000823. The van der Waals surface area contributed by atoms with E-state index in [9.17, 15) is 0 Å². The van der Waals surface area contributed by atoms with Crippen molar-refractivity contribution in [3.8, 4) is 50.2 Å².